The van der Waals surface area contributed by atoms with Crippen LogP contribution < -0.4 is 30.7 Å². The lowest BCUT2D eigenvalue weighted by Crippen LogP contribution is -2.44. The minimum Gasteiger partial charge on any atom is -0.508 e. The van der Waals surface area contributed by atoms with Crippen LogP contribution in [0.1, 0.15) is 124 Å². The fourth-order valence-electron chi connectivity index (χ4n) is 6.11. The molecule has 4 atom stereocenters. The first-order valence-corrected chi connectivity index (χ1v) is 28.0. The average molecular weight is 1040 g/mol. The van der Waals surface area contributed by atoms with Crippen molar-refractivity contribution in [2.45, 2.75) is 117 Å². The zero-order valence-corrected chi connectivity index (χ0v) is 44.1. The summed E-state index contributed by atoms with van der Waals surface area (Å²) in [6.07, 6.45) is 5.82. The maximum absolute atomic E-state index is 12.7. The molecule has 0 aliphatic carbocycles. The zero-order valence-electron chi connectivity index (χ0n) is 39.2. The fourth-order valence-corrected chi connectivity index (χ4v) is 12.3. The third-order valence-corrected chi connectivity index (χ3v) is 17.1. The van der Waals surface area contributed by atoms with Gasteiger partial charge >= 0.3 is 0 Å². The second-order valence-corrected chi connectivity index (χ2v) is 24.9. The van der Waals surface area contributed by atoms with Crippen molar-refractivity contribution < 1.29 is 44.3 Å². The minimum atomic E-state index is -3.93. The highest BCUT2D eigenvalue weighted by molar-refractivity contribution is 8.17. The second-order valence-electron chi connectivity index (χ2n) is 17.7. The van der Waals surface area contributed by atoms with E-state index in [2.05, 4.69) is 62.1 Å². The molecule has 8 N–H and O–H groups in total. The van der Waals surface area contributed by atoms with Gasteiger partial charge in [-0.3, -0.25) is 0 Å². The number of aliphatic hydroxyl groups is 1. The van der Waals surface area contributed by atoms with Gasteiger partial charge in [-0.15, -0.1) is 40.7 Å². The van der Waals surface area contributed by atoms with Crippen molar-refractivity contribution in [2.75, 3.05) is 24.7 Å². The highest BCUT2D eigenvalue weighted by atomic mass is 32.3. The van der Waals surface area contributed by atoms with Crippen molar-refractivity contribution in [1.29, 1.82) is 0 Å². The van der Waals surface area contributed by atoms with Crippen LogP contribution in [0.3, 0.4) is 0 Å². The number of anilines is 1. The maximum Gasteiger partial charge on any atom is 0.269 e. The zero-order chi connectivity index (χ0) is 49.5. The molecule has 0 aromatic carbocycles. The highest BCUT2D eigenvalue weighted by Crippen LogP contribution is 2.38. The molecule has 3 aromatic rings. The van der Waals surface area contributed by atoms with Gasteiger partial charge in [0, 0.05) is 17.5 Å². The number of rotatable bonds is 16. The minimum absolute atomic E-state index is 0.111. The number of hydrogen-bond donors (Lipinski definition) is 8. The predicted octanol–water partition coefficient (Wildman–Crippen LogP) is 6.56. The van der Waals surface area contributed by atoms with E-state index in [1.807, 2.05) is 53.7 Å². The van der Waals surface area contributed by atoms with E-state index in [-0.39, 0.29) is 74.0 Å². The Hall–Kier alpha value is -4.05. The number of hydrogen-bond acceptors (Lipinski definition) is 16. The SMILES string of the molecule is CCNS(=O)(=O)c1scc(NC2=NS(=O)N=C2N[C@@H](c2cc(CC)co2)C(C)C)c1O.CS/C(=C(/O)CNC1=NS(=O)N=C1N[C@@H](c1cc(C(C)C)co1)C(C)(C)C)S(=O)(=O)NC(C)(C)C. The van der Waals surface area contributed by atoms with Crippen molar-refractivity contribution in [1.82, 2.24) is 25.4 Å². The molecule has 0 fully saturated rings. The van der Waals surface area contributed by atoms with Crippen molar-refractivity contribution in [2.24, 2.45) is 28.9 Å². The Morgan fingerprint density at radius 1 is 0.864 bits per heavy atom. The van der Waals surface area contributed by atoms with Crippen LogP contribution in [0.2, 0.25) is 0 Å². The fraction of sp³-hybridized carbons (Fsp3) is 0.550. The summed E-state index contributed by atoms with van der Waals surface area (Å²) in [6, 6.07) is 3.35. The summed E-state index contributed by atoms with van der Waals surface area (Å²) < 4.78 is 106. The standard InChI is InChI=1S/C22H37N5O5S3.C18H25N5O5S3/c1-13(2)14-10-16(32-12-14)17(21(3,4)5)24-19-18(25-34(29)26-19)23-11-15(28)20(33-9)35(30,31)27-22(6,7)8;1-5-11-7-13(28-8-11)14(10(3)4)21-17-16(22-30(25)23-17)20-12-9-29-18(15(12)24)31(26,27)19-6-2/h10,12-13,17,27-28H,11H2,1-9H3,(H,23,25)(H,24,26);7-10,14,19,24H,5-6H2,1-4H3,(H,20,22)(H,21,23)/b20-15-;/t17-,34?;14-,30?/m01/s1. The first-order valence-electron chi connectivity index (χ1n) is 20.8. The van der Waals surface area contributed by atoms with Crippen LogP contribution >= 0.6 is 23.1 Å². The number of sulfonamides is 2. The second kappa shape index (κ2) is 22.4. The molecule has 5 rings (SSSR count). The molecule has 5 heterocycles. The van der Waals surface area contributed by atoms with Crippen molar-refractivity contribution in [3.05, 3.63) is 62.7 Å². The number of thiophene rings is 1. The van der Waals surface area contributed by atoms with Crippen molar-refractivity contribution in [3.8, 4) is 5.75 Å². The van der Waals surface area contributed by atoms with Crippen molar-refractivity contribution in [3.63, 3.8) is 0 Å². The molecule has 3 aromatic heterocycles. The van der Waals surface area contributed by atoms with Gasteiger partial charge in [-0.2, -0.15) is 0 Å². The van der Waals surface area contributed by atoms with Gasteiger partial charge in [0.25, 0.3) is 42.4 Å². The molecule has 2 unspecified atom stereocenters. The Bertz CT molecular complexity index is 2630. The lowest BCUT2D eigenvalue weighted by molar-refractivity contribution is 0.264. The van der Waals surface area contributed by atoms with E-state index in [0.29, 0.717) is 17.4 Å². The van der Waals surface area contributed by atoms with Crippen LogP contribution in [0.4, 0.5) is 5.69 Å². The lowest BCUT2D eigenvalue weighted by atomic mass is 9.84. The number of aromatic hydroxyl groups is 1. The Kier molecular flexibility index (Phi) is 18.5. The van der Waals surface area contributed by atoms with Crippen LogP contribution in [0, 0.1) is 11.3 Å². The number of nitrogens with one attached hydrogen (secondary N) is 6. The van der Waals surface area contributed by atoms with Gasteiger partial charge in [-0.05, 0) is 74.0 Å². The van der Waals surface area contributed by atoms with E-state index in [9.17, 15) is 35.5 Å². The van der Waals surface area contributed by atoms with E-state index in [1.54, 1.807) is 46.5 Å². The summed E-state index contributed by atoms with van der Waals surface area (Å²) in [5.41, 5.74) is 1.23. The number of aliphatic hydroxyl groups excluding tert-OH is 1. The van der Waals surface area contributed by atoms with Gasteiger partial charge in [0.1, 0.15) is 17.3 Å². The Morgan fingerprint density at radius 2 is 1.45 bits per heavy atom. The molecule has 0 amide bonds. The van der Waals surface area contributed by atoms with Gasteiger partial charge in [0.2, 0.25) is 0 Å². The summed E-state index contributed by atoms with van der Waals surface area (Å²) in [4.78, 5) is 0. The van der Waals surface area contributed by atoms with E-state index in [1.165, 1.54) is 5.38 Å². The number of furan rings is 2. The van der Waals surface area contributed by atoms with Crippen LogP contribution in [0.25, 0.3) is 0 Å². The molecule has 20 nitrogen and oxygen atoms in total. The molecule has 2 aliphatic heterocycles. The molecule has 2 aliphatic rings. The maximum atomic E-state index is 12.7. The van der Waals surface area contributed by atoms with E-state index < -0.39 is 59.4 Å². The quantitative estimate of drug-likeness (QED) is 0.0705. The highest BCUT2D eigenvalue weighted by Gasteiger charge is 2.34. The first-order chi connectivity index (χ1) is 30.6. The summed E-state index contributed by atoms with van der Waals surface area (Å²) in [5.74, 6) is 1.74. The molecule has 0 saturated carbocycles. The molecule has 26 heteroatoms. The van der Waals surface area contributed by atoms with Crippen LogP contribution in [-0.4, -0.2) is 83.7 Å². The van der Waals surface area contributed by atoms with E-state index in [4.69, 9.17) is 8.83 Å². The van der Waals surface area contributed by atoms with Crippen LogP contribution in [0.15, 0.2) is 70.7 Å². The molecule has 0 spiro atoms. The molecule has 0 bridgehead atoms. The van der Waals surface area contributed by atoms with Gasteiger partial charge in [0.15, 0.2) is 37.5 Å². The van der Waals surface area contributed by atoms with E-state index >= 15 is 0 Å². The molecular formula is C40H62N10O10S6. The van der Waals surface area contributed by atoms with Gasteiger partial charge in [0.05, 0.1) is 36.8 Å². The van der Waals surface area contributed by atoms with Crippen molar-refractivity contribution >= 4 is 94.5 Å². The van der Waals surface area contributed by atoms with E-state index in [0.717, 1.165) is 40.6 Å². The molecule has 0 saturated heterocycles. The normalized spacial score (nSPS) is 18.2. The number of amidine groups is 4. The molecule has 368 valence electrons. The van der Waals surface area contributed by atoms with Crippen LogP contribution in [0.5, 0.6) is 5.75 Å². The van der Waals surface area contributed by atoms with Gasteiger partial charge < -0.3 is 40.3 Å². The molecule has 66 heavy (non-hydrogen) atoms. The monoisotopic (exact) mass is 1030 g/mol. The predicted molar refractivity (Wildman–Crippen MR) is 266 cm³/mol. The number of thioether (sulfide) groups is 1. The largest absolute Gasteiger partial charge is 0.508 e. The third kappa shape index (κ3) is 14.5. The number of nitrogens with zero attached hydrogens (tertiary/aromatic N) is 4. The van der Waals surface area contributed by atoms with Gasteiger partial charge in [-0.25, -0.2) is 34.7 Å². The molecule has 0 radical (unpaired) electrons. The smallest absolute Gasteiger partial charge is 0.269 e. The van der Waals surface area contributed by atoms with Gasteiger partial charge in [-0.1, -0.05) is 62.3 Å². The topological polar surface area (TPSA) is 291 Å². The summed E-state index contributed by atoms with van der Waals surface area (Å²) in [6.45, 7) is 23.0. The Morgan fingerprint density at radius 3 is 1.97 bits per heavy atom. The number of aryl methyl sites for hydroxylation is 1. The Balaban J connectivity index is 0.000000290. The molecular weight excluding hydrogens is 973 g/mol. The average Bonchev–Trinajstić information content (AvgIpc) is 4.04. The lowest BCUT2D eigenvalue weighted by Gasteiger charge is -2.30. The summed E-state index contributed by atoms with van der Waals surface area (Å²) in [5, 5.41) is 34.6. The first kappa shape index (κ1) is 54.6. The third-order valence-electron chi connectivity index (χ3n) is 9.30. The van der Waals surface area contributed by atoms with Crippen LogP contribution in [-0.2, 0) is 48.8 Å². The summed E-state index contributed by atoms with van der Waals surface area (Å²) >= 11 is -1.94. The summed E-state index contributed by atoms with van der Waals surface area (Å²) in [7, 11) is -7.76. The Labute approximate surface area is 401 Å².